The van der Waals surface area contributed by atoms with Crippen LogP contribution in [-0.2, 0) is 4.79 Å². The van der Waals surface area contributed by atoms with Gasteiger partial charge < -0.3 is 0 Å². The van der Waals surface area contributed by atoms with Crippen molar-refractivity contribution in [1.82, 2.24) is 5.01 Å². The molecule has 0 radical (unpaired) electrons. The van der Waals surface area contributed by atoms with Crippen molar-refractivity contribution in [1.29, 1.82) is 0 Å². The van der Waals surface area contributed by atoms with Gasteiger partial charge in [-0.05, 0) is 17.9 Å². The fourth-order valence-corrected chi connectivity index (χ4v) is 1.65. The largest absolute Gasteiger partial charge is 0.273 e. The van der Waals surface area contributed by atoms with Crippen molar-refractivity contribution >= 4 is 5.91 Å². The van der Waals surface area contributed by atoms with E-state index in [-0.39, 0.29) is 17.4 Å². The minimum Gasteiger partial charge on any atom is -0.273 e. The Bertz CT molecular complexity index is 368. The molecule has 0 saturated carbocycles. The highest BCUT2D eigenvalue weighted by molar-refractivity contribution is 5.76. The molecule has 1 amide bonds. The van der Waals surface area contributed by atoms with E-state index >= 15 is 0 Å². The Balaban J connectivity index is 2.70. The smallest absolute Gasteiger partial charge is 0.237 e. The second-order valence-electron chi connectivity index (χ2n) is 5.63. The normalized spacial score (nSPS) is 13.2. The zero-order chi connectivity index (χ0) is 13.1. The second-order valence-corrected chi connectivity index (χ2v) is 5.63. The Kier molecular flexibility index (Phi) is 4.29. The number of hydrogen-bond acceptors (Lipinski definition) is 2. The van der Waals surface area contributed by atoms with Gasteiger partial charge in [0, 0.05) is 6.42 Å². The second kappa shape index (κ2) is 5.32. The number of nitrogens with zero attached hydrogens (tertiary/aromatic N) is 1. The Labute approximate surface area is 104 Å². The number of hydrazine groups is 1. The van der Waals surface area contributed by atoms with Gasteiger partial charge in [0.2, 0.25) is 5.91 Å². The third-order valence-corrected chi connectivity index (χ3v) is 2.67. The van der Waals surface area contributed by atoms with Crippen molar-refractivity contribution in [2.75, 3.05) is 0 Å². The molecular weight excluding hydrogens is 212 g/mol. The van der Waals surface area contributed by atoms with Crippen LogP contribution in [0.25, 0.3) is 0 Å². The zero-order valence-electron chi connectivity index (χ0n) is 11.1. The van der Waals surface area contributed by atoms with Gasteiger partial charge in [-0.15, -0.1) is 0 Å². The fourth-order valence-electron chi connectivity index (χ4n) is 1.65. The third kappa shape index (κ3) is 4.19. The van der Waals surface area contributed by atoms with Gasteiger partial charge in [-0.3, -0.25) is 9.80 Å². The van der Waals surface area contributed by atoms with Crippen LogP contribution in [0, 0.1) is 5.41 Å². The maximum absolute atomic E-state index is 12.0. The number of rotatable bonds is 3. The average Bonchev–Trinajstić information content (AvgIpc) is 2.26. The van der Waals surface area contributed by atoms with E-state index in [4.69, 9.17) is 5.84 Å². The summed E-state index contributed by atoms with van der Waals surface area (Å²) in [6.45, 7) is 8.04. The number of carbonyl (C=O) groups is 1. The van der Waals surface area contributed by atoms with Crippen molar-refractivity contribution in [3.05, 3.63) is 35.9 Å². The fraction of sp³-hybridized carbons (Fsp3) is 0.500. The van der Waals surface area contributed by atoms with Gasteiger partial charge in [0.15, 0.2) is 0 Å². The van der Waals surface area contributed by atoms with Crippen LogP contribution in [0.15, 0.2) is 30.3 Å². The molecule has 0 saturated heterocycles. The first-order chi connectivity index (χ1) is 7.81. The van der Waals surface area contributed by atoms with Crippen LogP contribution in [0.2, 0.25) is 0 Å². The van der Waals surface area contributed by atoms with Crippen LogP contribution in [0.3, 0.4) is 0 Å². The third-order valence-electron chi connectivity index (χ3n) is 2.67. The monoisotopic (exact) mass is 234 g/mol. The molecule has 0 fully saturated rings. The van der Waals surface area contributed by atoms with Crippen LogP contribution >= 0.6 is 0 Å². The maximum Gasteiger partial charge on any atom is 0.237 e. The van der Waals surface area contributed by atoms with E-state index in [1.807, 2.05) is 58.0 Å². The summed E-state index contributed by atoms with van der Waals surface area (Å²) in [7, 11) is 0. The Morgan fingerprint density at radius 2 is 1.82 bits per heavy atom. The number of hydrogen-bond donors (Lipinski definition) is 1. The highest BCUT2D eigenvalue weighted by atomic mass is 16.2. The molecule has 1 aromatic rings. The molecule has 3 nitrogen and oxygen atoms in total. The lowest BCUT2D eigenvalue weighted by Crippen LogP contribution is -2.41. The minimum absolute atomic E-state index is 0.0196. The molecule has 1 aromatic carbocycles. The molecule has 0 spiro atoms. The van der Waals surface area contributed by atoms with Crippen molar-refractivity contribution < 1.29 is 4.79 Å². The predicted octanol–water partition coefficient (Wildman–Crippen LogP) is 2.89. The molecule has 1 atom stereocenters. The molecule has 17 heavy (non-hydrogen) atoms. The molecule has 2 N–H and O–H groups in total. The van der Waals surface area contributed by atoms with Crippen LogP contribution in [0.4, 0.5) is 0 Å². The summed E-state index contributed by atoms with van der Waals surface area (Å²) in [5, 5.41) is 1.33. The van der Waals surface area contributed by atoms with Crippen LogP contribution < -0.4 is 5.84 Å². The van der Waals surface area contributed by atoms with Gasteiger partial charge in [0.1, 0.15) is 0 Å². The molecule has 1 rings (SSSR count). The first kappa shape index (κ1) is 13.7. The molecule has 0 aliphatic rings. The lowest BCUT2D eigenvalue weighted by Gasteiger charge is -2.27. The van der Waals surface area contributed by atoms with E-state index < -0.39 is 0 Å². The van der Waals surface area contributed by atoms with Crippen molar-refractivity contribution in [3.63, 3.8) is 0 Å². The minimum atomic E-state index is -0.0916. The number of benzene rings is 1. The first-order valence-corrected chi connectivity index (χ1v) is 5.93. The molecule has 94 valence electrons. The summed E-state index contributed by atoms with van der Waals surface area (Å²) in [4.78, 5) is 12.0. The molecule has 0 aliphatic carbocycles. The van der Waals surface area contributed by atoms with Gasteiger partial charge in [0.25, 0.3) is 0 Å². The predicted molar refractivity (Wildman–Crippen MR) is 70.0 cm³/mol. The Hall–Kier alpha value is -1.35. The Morgan fingerprint density at radius 1 is 1.29 bits per heavy atom. The Morgan fingerprint density at radius 3 is 2.29 bits per heavy atom. The van der Waals surface area contributed by atoms with Gasteiger partial charge in [-0.2, -0.15) is 0 Å². The van der Waals surface area contributed by atoms with E-state index in [0.717, 1.165) is 5.56 Å². The van der Waals surface area contributed by atoms with E-state index in [0.29, 0.717) is 6.42 Å². The quantitative estimate of drug-likeness (QED) is 0.496. The van der Waals surface area contributed by atoms with Gasteiger partial charge >= 0.3 is 0 Å². The topological polar surface area (TPSA) is 46.3 Å². The summed E-state index contributed by atoms with van der Waals surface area (Å²) < 4.78 is 0. The summed E-state index contributed by atoms with van der Waals surface area (Å²) in [5.74, 6) is 5.86. The molecular formula is C14H22N2O. The van der Waals surface area contributed by atoms with E-state index in [2.05, 4.69) is 0 Å². The number of nitrogens with two attached hydrogens (primary N) is 1. The first-order valence-electron chi connectivity index (χ1n) is 5.93. The summed E-state index contributed by atoms with van der Waals surface area (Å²) in [5.41, 5.74) is 1.02. The molecule has 1 unspecified atom stereocenters. The van der Waals surface area contributed by atoms with Gasteiger partial charge in [-0.25, -0.2) is 5.84 Å². The molecule has 0 aliphatic heterocycles. The standard InChI is InChI=1S/C14H22N2O/c1-11(12-8-6-5-7-9-12)16(15)13(17)10-14(2,3)4/h5-9,11H,10,15H2,1-4H3. The van der Waals surface area contributed by atoms with Crippen molar-refractivity contribution in [2.24, 2.45) is 11.3 Å². The number of amides is 1. The van der Waals surface area contributed by atoms with Crippen molar-refractivity contribution in [2.45, 2.75) is 40.2 Å². The molecule has 3 heteroatoms. The zero-order valence-corrected chi connectivity index (χ0v) is 11.1. The summed E-state index contributed by atoms with van der Waals surface area (Å²) in [6, 6.07) is 9.73. The molecule has 0 aromatic heterocycles. The maximum atomic E-state index is 12.0. The van der Waals surface area contributed by atoms with E-state index in [1.54, 1.807) is 0 Å². The summed E-state index contributed by atoms with van der Waals surface area (Å²) >= 11 is 0. The lowest BCUT2D eigenvalue weighted by molar-refractivity contribution is -0.135. The van der Waals surface area contributed by atoms with Gasteiger partial charge in [0.05, 0.1) is 6.04 Å². The number of carbonyl (C=O) groups excluding carboxylic acids is 1. The molecule has 0 heterocycles. The average molecular weight is 234 g/mol. The SMILES string of the molecule is CC(c1ccccc1)N(N)C(=O)CC(C)(C)C. The van der Waals surface area contributed by atoms with Crippen LogP contribution in [0.5, 0.6) is 0 Å². The van der Waals surface area contributed by atoms with Crippen LogP contribution in [-0.4, -0.2) is 10.9 Å². The highest BCUT2D eigenvalue weighted by Crippen LogP contribution is 2.23. The van der Waals surface area contributed by atoms with Crippen LogP contribution in [0.1, 0.15) is 45.7 Å². The van der Waals surface area contributed by atoms with E-state index in [1.165, 1.54) is 5.01 Å². The van der Waals surface area contributed by atoms with Gasteiger partial charge in [-0.1, -0.05) is 51.1 Å². The lowest BCUT2D eigenvalue weighted by atomic mass is 9.91. The van der Waals surface area contributed by atoms with E-state index in [9.17, 15) is 4.79 Å². The van der Waals surface area contributed by atoms with Crippen molar-refractivity contribution in [3.8, 4) is 0 Å². The molecule has 0 bridgehead atoms. The summed E-state index contributed by atoms with van der Waals surface area (Å²) in [6.07, 6.45) is 0.459. The highest BCUT2D eigenvalue weighted by Gasteiger charge is 2.23.